The lowest BCUT2D eigenvalue weighted by Gasteiger charge is -2.18. The first-order valence-electron chi connectivity index (χ1n) is 8.60. The van der Waals surface area contributed by atoms with Gasteiger partial charge >= 0.3 is 0 Å². The maximum absolute atomic E-state index is 12.4. The van der Waals surface area contributed by atoms with E-state index < -0.39 is 10.0 Å². The number of benzene rings is 2. The lowest BCUT2D eigenvalue weighted by Crippen LogP contribution is -2.23. The quantitative estimate of drug-likeness (QED) is 0.545. The summed E-state index contributed by atoms with van der Waals surface area (Å²) in [5.74, 6) is 0.809. The SMILES string of the molecule is COc1ccc(CN(C)Cn2c(=S)oc3ccc(S(=O)(=O)N(C)C)cc32)cc1. The molecule has 0 radical (unpaired) electrons. The molecule has 0 spiro atoms. The van der Waals surface area contributed by atoms with Crippen molar-refractivity contribution in [2.24, 2.45) is 0 Å². The van der Waals surface area contributed by atoms with Crippen molar-refractivity contribution < 1.29 is 17.6 Å². The number of methoxy groups -OCH3 is 1. The Hall–Kier alpha value is -2.20. The van der Waals surface area contributed by atoms with Crippen molar-refractivity contribution in [3.8, 4) is 5.75 Å². The van der Waals surface area contributed by atoms with Crippen molar-refractivity contribution in [3.63, 3.8) is 0 Å². The molecule has 0 amide bonds. The summed E-state index contributed by atoms with van der Waals surface area (Å²) < 4.78 is 38.7. The van der Waals surface area contributed by atoms with Gasteiger partial charge in [-0.3, -0.25) is 9.47 Å². The molecule has 2 aromatic carbocycles. The van der Waals surface area contributed by atoms with E-state index in [-0.39, 0.29) is 4.90 Å². The Bertz CT molecular complexity index is 1130. The predicted molar refractivity (Wildman–Crippen MR) is 110 cm³/mol. The fourth-order valence-corrected chi connectivity index (χ4v) is 4.05. The van der Waals surface area contributed by atoms with Crippen LogP contribution in [0.2, 0.25) is 0 Å². The van der Waals surface area contributed by atoms with E-state index >= 15 is 0 Å². The summed E-state index contributed by atoms with van der Waals surface area (Å²) in [6.07, 6.45) is 0. The number of oxazole rings is 1. The first-order chi connectivity index (χ1) is 13.2. The van der Waals surface area contributed by atoms with E-state index in [9.17, 15) is 8.42 Å². The second-order valence-electron chi connectivity index (χ2n) is 6.72. The number of nitrogens with zero attached hydrogens (tertiary/aromatic N) is 3. The van der Waals surface area contributed by atoms with Gasteiger partial charge in [-0.15, -0.1) is 0 Å². The van der Waals surface area contributed by atoms with Crippen LogP contribution in [0.25, 0.3) is 11.1 Å². The summed E-state index contributed by atoms with van der Waals surface area (Å²) in [5, 5.41) is 0. The van der Waals surface area contributed by atoms with Gasteiger partial charge in [0, 0.05) is 20.6 Å². The Kier molecular flexibility index (Phi) is 5.90. The number of ether oxygens (including phenoxy) is 1. The Morgan fingerprint density at radius 3 is 2.39 bits per heavy atom. The van der Waals surface area contributed by atoms with Crippen LogP contribution in [0.1, 0.15) is 5.56 Å². The molecule has 0 N–H and O–H groups in total. The summed E-state index contributed by atoms with van der Waals surface area (Å²) >= 11 is 5.35. The van der Waals surface area contributed by atoms with Gasteiger partial charge in [-0.05, 0) is 55.2 Å². The molecule has 0 fully saturated rings. The minimum Gasteiger partial charge on any atom is -0.497 e. The first-order valence-corrected chi connectivity index (χ1v) is 10.4. The Balaban J connectivity index is 1.89. The van der Waals surface area contributed by atoms with Crippen LogP contribution in [-0.4, -0.2) is 50.4 Å². The number of fused-ring (bicyclic) bond motifs is 1. The second kappa shape index (κ2) is 8.04. The molecule has 9 heteroatoms. The molecule has 3 rings (SSSR count). The summed E-state index contributed by atoms with van der Waals surface area (Å²) in [7, 11) is 3.07. The highest BCUT2D eigenvalue weighted by Gasteiger charge is 2.19. The molecule has 0 saturated carbocycles. The van der Waals surface area contributed by atoms with E-state index in [1.54, 1.807) is 23.8 Å². The van der Waals surface area contributed by atoms with Gasteiger partial charge in [0.2, 0.25) is 10.0 Å². The first kappa shape index (κ1) is 20.5. The molecule has 0 unspecified atom stereocenters. The van der Waals surface area contributed by atoms with Crippen LogP contribution in [0.5, 0.6) is 5.75 Å². The van der Waals surface area contributed by atoms with Crippen molar-refractivity contribution >= 4 is 33.3 Å². The van der Waals surface area contributed by atoms with Crippen molar-refractivity contribution in [2.45, 2.75) is 18.1 Å². The minimum absolute atomic E-state index is 0.201. The van der Waals surface area contributed by atoms with Crippen molar-refractivity contribution in [3.05, 3.63) is 52.9 Å². The van der Waals surface area contributed by atoms with Gasteiger partial charge in [-0.25, -0.2) is 12.7 Å². The van der Waals surface area contributed by atoms with Crippen LogP contribution in [0, 0.1) is 4.84 Å². The lowest BCUT2D eigenvalue weighted by atomic mass is 10.2. The molecular formula is C19H23N3O4S2. The van der Waals surface area contributed by atoms with Gasteiger partial charge in [0.05, 0.1) is 24.2 Å². The number of hydrogen-bond acceptors (Lipinski definition) is 6. The maximum atomic E-state index is 12.4. The standard InChI is InChI=1S/C19H23N3O4S2/c1-20(2)28(23,24)16-9-10-18-17(11-16)22(19(27)26-18)13-21(3)12-14-5-7-15(25-4)8-6-14/h5-11H,12-13H2,1-4H3. The molecule has 150 valence electrons. The summed E-state index contributed by atoms with van der Waals surface area (Å²) in [6.45, 7) is 1.15. The molecule has 0 aliphatic heterocycles. The highest BCUT2D eigenvalue weighted by Crippen LogP contribution is 2.23. The molecule has 0 bridgehead atoms. The van der Waals surface area contributed by atoms with E-state index in [0.29, 0.717) is 29.2 Å². The van der Waals surface area contributed by atoms with E-state index in [1.807, 2.05) is 31.3 Å². The normalized spacial score (nSPS) is 12.2. The number of sulfonamides is 1. The van der Waals surface area contributed by atoms with E-state index in [1.165, 1.54) is 24.5 Å². The highest BCUT2D eigenvalue weighted by molar-refractivity contribution is 7.89. The number of rotatable bonds is 7. The molecule has 3 aromatic rings. The molecule has 0 saturated heterocycles. The Morgan fingerprint density at radius 1 is 1.11 bits per heavy atom. The molecule has 7 nitrogen and oxygen atoms in total. The predicted octanol–water partition coefficient (Wildman–Crippen LogP) is 3.31. The lowest BCUT2D eigenvalue weighted by molar-refractivity contribution is 0.257. The van der Waals surface area contributed by atoms with Crippen molar-refractivity contribution in [1.82, 2.24) is 13.8 Å². The van der Waals surface area contributed by atoms with Gasteiger partial charge in [0.25, 0.3) is 4.84 Å². The zero-order valence-corrected chi connectivity index (χ0v) is 17.9. The molecule has 0 aliphatic rings. The molecule has 1 heterocycles. The fraction of sp³-hybridized carbons (Fsp3) is 0.316. The number of aromatic nitrogens is 1. The van der Waals surface area contributed by atoms with Crippen molar-refractivity contribution in [2.75, 3.05) is 28.3 Å². The number of hydrogen-bond donors (Lipinski definition) is 0. The minimum atomic E-state index is -3.54. The molecule has 1 aromatic heterocycles. The van der Waals surface area contributed by atoms with Crippen LogP contribution >= 0.6 is 12.2 Å². The van der Waals surface area contributed by atoms with Crippen molar-refractivity contribution in [1.29, 1.82) is 0 Å². The fourth-order valence-electron chi connectivity index (χ4n) is 2.88. The van der Waals surface area contributed by atoms with E-state index in [2.05, 4.69) is 4.90 Å². The van der Waals surface area contributed by atoms with Gasteiger partial charge in [0.1, 0.15) is 5.75 Å². The summed E-state index contributed by atoms with van der Waals surface area (Å²) in [4.78, 5) is 2.57. The molecular weight excluding hydrogens is 398 g/mol. The average Bonchev–Trinajstić information content (AvgIpc) is 2.97. The third kappa shape index (κ3) is 4.12. The van der Waals surface area contributed by atoms with Crippen LogP contribution in [-0.2, 0) is 23.2 Å². The topological polar surface area (TPSA) is 67.9 Å². The van der Waals surface area contributed by atoms with Crippen LogP contribution < -0.4 is 4.74 Å². The van der Waals surface area contributed by atoms with E-state index in [0.717, 1.165) is 11.3 Å². The largest absolute Gasteiger partial charge is 0.497 e. The zero-order chi connectivity index (χ0) is 20.5. The van der Waals surface area contributed by atoms with Crippen LogP contribution in [0.15, 0.2) is 51.8 Å². The summed E-state index contributed by atoms with van der Waals surface area (Å²) in [6, 6.07) is 12.6. The summed E-state index contributed by atoms with van der Waals surface area (Å²) in [5.41, 5.74) is 2.33. The van der Waals surface area contributed by atoms with Gasteiger partial charge in [-0.1, -0.05) is 12.1 Å². The average molecular weight is 422 g/mol. The maximum Gasteiger partial charge on any atom is 0.270 e. The second-order valence-corrected chi connectivity index (χ2v) is 9.22. The third-order valence-electron chi connectivity index (χ3n) is 4.41. The molecule has 0 aliphatic carbocycles. The molecule has 28 heavy (non-hydrogen) atoms. The van der Waals surface area contributed by atoms with Gasteiger partial charge in [-0.2, -0.15) is 0 Å². The van der Waals surface area contributed by atoms with Gasteiger partial charge in [0.15, 0.2) is 5.58 Å². The zero-order valence-electron chi connectivity index (χ0n) is 16.2. The Morgan fingerprint density at radius 2 is 1.79 bits per heavy atom. The van der Waals surface area contributed by atoms with E-state index in [4.69, 9.17) is 21.4 Å². The van der Waals surface area contributed by atoms with Crippen LogP contribution in [0.4, 0.5) is 0 Å². The van der Waals surface area contributed by atoms with Gasteiger partial charge < -0.3 is 9.15 Å². The molecule has 0 atom stereocenters. The Labute approximate surface area is 169 Å². The highest BCUT2D eigenvalue weighted by atomic mass is 32.2. The monoisotopic (exact) mass is 421 g/mol. The third-order valence-corrected chi connectivity index (χ3v) is 6.53. The van der Waals surface area contributed by atoms with Crippen LogP contribution in [0.3, 0.4) is 0 Å². The smallest absolute Gasteiger partial charge is 0.270 e.